The zero-order valence-corrected chi connectivity index (χ0v) is 15.7. The normalized spacial score (nSPS) is 11.4. The van der Waals surface area contributed by atoms with Crippen LogP contribution in [0.15, 0.2) is 29.7 Å². The molecule has 1 aromatic rings. The SMILES string of the molecule is CC=CCC=CCCCCCCCC(=O)Nc1nc(CC(=O)O)cs1. The minimum atomic E-state index is -0.920. The van der Waals surface area contributed by atoms with Crippen LogP contribution in [-0.2, 0) is 16.0 Å². The summed E-state index contributed by atoms with van der Waals surface area (Å²) in [5, 5.41) is 13.6. The van der Waals surface area contributed by atoms with Crippen LogP contribution < -0.4 is 5.32 Å². The van der Waals surface area contributed by atoms with E-state index >= 15 is 0 Å². The summed E-state index contributed by atoms with van der Waals surface area (Å²) in [7, 11) is 0. The second kappa shape index (κ2) is 13.4. The Hall–Kier alpha value is -1.95. The van der Waals surface area contributed by atoms with Gasteiger partial charge >= 0.3 is 5.97 Å². The van der Waals surface area contributed by atoms with Gasteiger partial charge in [0.2, 0.25) is 5.91 Å². The third-order valence-corrected chi connectivity index (χ3v) is 4.39. The van der Waals surface area contributed by atoms with Crippen LogP contribution in [-0.4, -0.2) is 22.0 Å². The van der Waals surface area contributed by atoms with E-state index in [4.69, 9.17) is 5.11 Å². The molecule has 0 aliphatic rings. The van der Waals surface area contributed by atoms with Crippen LogP contribution in [0.1, 0.15) is 64.0 Å². The quantitative estimate of drug-likeness (QED) is 0.383. The highest BCUT2D eigenvalue weighted by molar-refractivity contribution is 7.13. The van der Waals surface area contributed by atoms with Gasteiger partial charge in [-0.3, -0.25) is 9.59 Å². The molecule has 0 fully saturated rings. The van der Waals surface area contributed by atoms with Crippen LogP contribution in [0.2, 0.25) is 0 Å². The maximum atomic E-state index is 11.8. The average molecular weight is 365 g/mol. The van der Waals surface area contributed by atoms with Gasteiger partial charge in [-0.2, -0.15) is 0 Å². The predicted octanol–water partition coefficient (Wildman–Crippen LogP) is 4.96. The number of rotatable bonds is 13. The monoisotopic (exact) mass is 364 g/mol. The van der Waals surface area contributed by atoms with Crippen molar-refractivity contribution in [1.82, 2.24) is 4.98 Å². The van der Waals surface area contributed by atoms with Crippen LogP contribution >= 0.6 is 11.3 Å². The van der Waals surface area contributed by atoms with Gasteiger partial charge in [-0.1, -0.05) is 43.6 Å². The summed E-state index contributed by atoms with van der Waals surface area (Å²) in [6.07, 6.45) is 16.6. The summed E-state index contributed by atoms with van der Waals surface area (Å²) in [4.78, 5) is 26.5. The van der Waals surface area contributed by atoms with E-state index in [1.165, 1.54) is 24.2 Å². The molecule has 0 aliphatic heterocycles. The van der Waals surface area contributed by atoms with Gasteiger partial charge in [-0.25, -0.2) is 4.98 Å². The Labute approximate surface area is 153 Å². The highest BCUT2D eigenvalue weighted by Gasteiger charge is 2.08. The molecule has 138 valence electrons. The van der Waals surface area contributed by atoms with Crippen molar-refractivity contribution in [2.45, 2.75) is 64.7 Å². The summed E-state index contributed by atoms with van der Waals surface area (Å²) in [6.45, 7) is 2.03. The number of carbonyl (C=O) groups is 2. The molecule has 1 aromatic heterocycles. The van der Waals surface area contributed by atoms with Gasteiger partial charge in [0.05, 0.1) is 12.1 Å². The minimum absolute atomic E-state index is 0.0527. The lowest BCUT2D eigenvalue weighted by atomic mass is 10.1. The molecular formula is C19H28N2O3S. The zero-order chi connectivity index (χ0) is 18.3. The third-order valence-electron chi connectivity index (χ3n) is 3.58. The maximum absolute atomic E-state index is 11.8. The Morgan fingerprint density at radius 1 is 1.16 bits per heavy atom. The lowest BCUT2D eigenvalue weighted by molar-refractivity contribution is -0.136. The standard InChI is InChI=1S/C19H28N2O3S/c1-2-3-4-5-6-7-8-9-10-11-12-13-17(22)21-19-20-16(15-25-19)14-18(23)24/h2-3,5-6,15H,4,7-14H2,1H3,(H,23,24)(H,20,21,22). The Bertz CT molecular complexity index is 579. The summed E-state index contributed by atoms with van der Waals surface area (Å²) in [5.41, 5.74) is 0.479. The minimum Gasteiger partial charge on any atom is -0.481 e. The first-order valence-electron chi connectivity index (χ1n) is 8.84. The highest BCUT2D eigenvalue weighted by Crippen LogP contribution is 2.16. The van der Waals surface area contributed by atoms with Crippen molar-refractivity contribution >= 4 is 28.3 Å². The summed E-state index contributed by atoms with van der Waals surface area (Å²) in [5.74, 6) is -0.973. The first kappa shape index (κ1) is 21.1. The number of anilines is 1. The average Bonchev–Trinajstić information content (AvgIpc) is 2.98. The number of carbonyl (C=O) groups excluding carboxylic acids is 1. The number of amides is 1. The molecular weight excluding hydrogens is 336 g/mol. The largest absolute Gasteiger partial charge is 0.481 e. The van der Waals surface area contributed by atoms with E-state index < -0.39 is 5.97 Å². The molecule has 0 atom stereocenters. The Morgan fingerprint density at radius 3 is 2.68 bits per heavy atom. The number of hydrogen-bond acceptors (Lipinski definition) is 4. The van der Waals surface area contributed by atoms with Crippen LogP contribution in [0, 0.1) is 0 Å². The molecule has 0 saturated carbocycles. The lowest BCUT2D eigenvalue weighted by Gasteiger charge is -2.02. The lowest BCUT2D eigenvalue weighted by Crippen LogP contribution is -2.11. The highest BCUT2D eigenvalue weighted by atomic mass is 32.1. The van der Waals surface area contributed by atoms with E-state index in [1.807, 2.05) is 6.92 Å². The van der Waals surface area contributed by atoms with Crippen molar-refractivity contribution in [1.29, 1.82) is 0 Å². The fourth-order valence-corrected chi connectivity index (χ4v) is 3.02. The van der Waals surface area contributed by atoms with Crippen molar-refractivity contribution in [2.24, 2.45) is 0 Å². The van der Waals surface area contributed by atoms with Crippen molar-refractivity contribution in [3.8, 4) is 0 Å². The predicted molar refractivity (Wildman–Crippen MR) is 103 cm³/mol. The van der Waals surface area contributed by atoms with E-state index in [0.717, 1.165) is 32.1 Å². The molecule has 1 rings (SSSR count). The van der Waals surface area contributed by atoms with Gasteiger partial charge in [0.1, 0.15) is 0 Å². The molecule has 0 radical (unpaired) electrons. The number of hydrogen-bond donors (Lipinski definition) is 2. The molecule has 1 heterocycles. The maximum Gasteiger partial charge on any atom is 0.309 e. The Morgan fingerprint density at radius 2 is 1.92 bits per heavy atom. The molecule has 1 amide bonds. The molecule has 0 bridgehead atoms. The van der Waals surface area contributed by atoms with Crippen molar-refractivity contribution in [2.75, 3.05) is 5.32 Å². The molecule has 0 saturated heterocycles. The first-order valence-corrected chi connectivity index (χ1v) is 9.72. The van der Waals surface area contributed by atoms with Crippen LogP contribution in [0.3, 0.4) is 0 Å². The van der Waals surface area contributed by atoms with E-state index in [1.54, 1.807) is 5.38 Å². The first-order chi connectivity index (χ1) is 12.1. The number of allylic oxidation sites excluding steroid dienone is 4. The van der Waals surface area contributed by atoms with Crippen molar-refractivity contribution in [3.05, 3.63) is 35.4 Å². The van der Waals surface area contributed by atoms with Gasteiger partial charge in [0.25, 0.3) is 0 Å². The van der Waals surface area contributed by atoms with Gasteiger partial charge in [0.15, 0.2) is 5.13 Å². The smallest absolute Gasteiger partial charge is 0.309 e. The van der Waals surface area contributed by atoms with Gasteiger partial charge in [0, 0.05) is 11.8 Å². The molecule has 5 nitrogen and oxygen atoms in total. The van der Waals surface area contributed by atoms with Crippen LogP contribution in [0.4, 0.5) is 5.13 Å². The van der Waals surface area contributed by atoms with Gasteiger partial charge in [-0.15, -0.1) is 11.3 Å². The Balaban J connectivity index is 2.02. The topological polar surface area (TPSA) is 79.3 Å². The number of unbranched alkanes of at least 4 members (excludes halogenated alkanes) is 5. The number of thiazole rings is 1. The Kier molecular flexibility index (Phi) is 11.3. The van der Waals surface area contributed by atoms with Crippen molar-refractivity contribution < 1.29 is 14.7 Å². The molecule has 0 aliphatic carbocycles. The molecule has 2 N–H and O–H groups in total. The fraction of sp³-hybridized carbons (Fsp3) is 0.526. The number of carboxylic acid groups (broad SMARTS) is 1. The van der Waals surface area contributed by atoms with Gasteiger partial charge < -0.3 is 10.4 Å². The van der Waals surface area contributed by atoms with E-state index in [-0.39, 0.29) is 12.3 Å². The number of carboxylic acids is 1. The van der Waals surface area contributed by atoms with E-state index in [9.17, 15) is 9.59 Å². The number of aromatic nitrogens is 1. The molecule has 0 aromatic carbocycles. The van der Waals surface area contributed by atoms with E-state index in [0.29, 0.717) is 17.2 Å². The van der Waals surface area contributed by atoms with Crippen molar-refractivity contribution in [3.63, 3.8) is 0 Å². The molecule has 0 spiro atoms. The number of nitrogens with one attached hydrogen (secondary N) is 1. The second-order valence-electron chi connectivity index (χ2n) is 5.85. The van der Waals surface area contributed by atoms with Crippen LogP contribution in [0.5, 0.6) is 0 Å². The summed E-state index contributed by atoms with van der Waals surface area (Å²) in [6, 6.07) is 0. The number of nitrogens with zero attached hydrogens (tertiary/aromatic N) is 1. The summed E-state index contributed by atoms with van der Waals surface area (Å²) >= 11 is 1.26. The van der Waals surface area contributed by atoms with Gasteiger partial charge in [-0.05, 0) is 32.6 Å². The van der Waals surface area contributed by atoms with Crippen LogP contribution in [0.25, 0.3) is 0 Å². The molecule has 0 unspecified atom stereocenters. The second-order valence-corrected chi connectivity index (χ2v) is 6.70. The number of aliphatic carboxylic acids is 1. The molecule has 25 heavy (non-hydrogen) atoms. The molecule has 6 heteroatoms. The summed E-state index contributed by atoms with van der Waals surface area (Å²) < 4.78 is 0. The van der Waals surface area contributed by atoms with E-state index in [2.05, 4.69) is 34.6 Å². The fourth-order valence-electron chi connectivity index (χ4n) is 2.29. The zero-order valence-electron chi connectivity index (χ0n) is 14.9. The third kappa shape index (κ3) is 11.3.